The smallest absolute Gasteiger partial charge is 0.292 e. The number of nitro groups is 1. The maximum atomic E-state index is 12.5. The molecule has 2 amide bonds. The summed E-state index contributed by atoms with van der Waals surface area (Å²) in [6.07, 6.45) is 1.30. The molecule has 0 radical (unpaired) electrons. The summed E-state index contributed by atoms with van der Waals surface area (Å²) in [5, 5.41) is 10.5. The second-order valence-corrected chi connectivity index (χ2v) is 6.37. The fraction of sp³-hybridized carbons (Fsp3) is 0.0556. The predicted molar refractivity (Wildman–Crippen MR) is 96.5 cm³/mol. The normalized spacial score (nSPS) is 15.5. The highest BCUT2D eigenvalue weighted by Gasteiger charge is 2.36. The number of thioether (sulfide) groups is 1. The third-order valence-corrected chi connectivity index (χ3v) is 4.60. The molecule has 1 saturated heterocycles. The van der Waals surface area contributed by atoms with Gasteiger partial charge in [0.15, 0.2) is 5.78 Å². The lowest BCUT2D eigenvalue weighted by atomic mass is 10.1. The zero-order valence-electron chi connectivity index (χ0n) is 13.3. The Balaban J connectivity index is 1.83. The molecule has 1 aliphatic rings. The quantitative estimate of drug-likeness (QED) is 0.347. The van der Waals surface area contributed by atoms with E-state index in [9.17, 15) is 24.5 Å². The summed E-state index contributed by atoms with van der Waals surface area (Å²) < 4.78 is 0. The Morgan fingerprint density at radius 3 is 2.42 bits per heavy atom. The minimum absolute atomic E-state index is 0.0464. The van der Waals surface area contributed by atoms with Crippen molar-refractivity contribution in [2.24, 2.45) is 0 Å². The van der Waals surface area contributed by atoms with Gasteiger partial charge < -0.3 is 0 Å². The van der Waals surface area contributed by atoms with E-state index < -0.39 is 16.1 Å². The number of hydrogen-bond donors (Lipinski definition) is 0. The molecule has 0 atom stereocenters. The average molecular weight is 368 g/mol. The van der Waals surface area contributed by atoms with Crippen LogP contribution in [0.3, 0.4) is 0 Å². The second-order valence-electron chi connectivity index (χ2n) is 5.37. The maximum absolute atomic E-state index is 12.5. The molecule has 0 saturated carbocycles. The van der Waals surface area contributed by atoms with Gasteiger partial charge in [0.2, 0.25) is 0 Å². The van der Waals surface area contributed by atoms with Gasteiger partial charge in [-0.3, -0.25) is 29.4 Å². The minimum atomic E-state index is -0.637. The van der Waals surface area contributed by atoms with E-state index in [1.165, 1.54) is 24.3 Å². The van der Waals surface area contributed by atoms with E-state index in [2.05, 4.69) is 0 Å². The Kier molecular flexibility index (Phi) is 4.94. The van der Waals surface area contributed by atoms with Gasteiger partial charge in [0.1, 0.15) is 0 Å². The first-order valence-electron chi connectivity index (χ1n) is 7.54. The molecule has 1 heterocycles. The highest BCUT2D eigenvalue weighted by atomic mass is 32.2. The van der Waals surface area contributed by atoms with Crippen LogP contribution in [0.4, 0.5) is 10.5 Å². The lowest BCUT2D eigenvalue weighted by Crippen LogP contribution is -2.33. The van der Waals surface area contributed by atoms with E-state index in [1.807, 2.05) is 0 Å². The number of imide groups is 1. The number of carbonyl (C=O) groups excluding carboxylic acids is 3. The molecule has 3 rings (SSSR count). The van der Waals surface area contributed by atoms with Crippen molar-refractivity contribution in [2.75, 3.05) is 6.54 Å². The Morgan fingerprint density at radius 2 is 1.73 bits per heavy atom. The number of carbonyl (C=O) groups is 3. The summed E-state index contributed by atoms with van der Waals surface area (Å²) in [5.41, 5.74) is 0.450. The van der Waals surface area contributed by atoms with Gasteiger partial charge in [-0.2, -0.15) is 0 Å². The molecule has 2 aromatic carbocycles. The molecule has 1 fully saturated rings. The molecule has 7 nitrogen and oxygen atoms in total. The van der Waals surface area contributed by atoms with Crippen LogP contribution in [-0.2, 0) is 4.79 Å². The second kappa shape index (κ2) is 7.32. The van der Waals surface area contributed by atoms with E-state index in [0.717, 1.165) is 4.90 Å². The van der Waals surface area contributed by atoms with E-state index in [0.29, 0.717) is 17.3 Å². The zero-order valence-corrected chi connectivity index (χ0v) is 14.1. The zero-order chi connectivity index (χ0) is 18.7. The van der Waals surface area contributed by atoms with Gasteiger partial charge in [-0.1, -0.05) is 42.5 Å². The Labute approximate surface area is 152 Å². The summed E-state index contributed by atoms with van der Waals surface area (Å²) >= 11 is 0.658. The number of Topliss-reactive ketones (excluding diaryl/α,β-unsaturated/α-hetero) is 1. The first-order chi connectivity index (χ1) is 12.5. The van der Waals surface area contributed by atoms with Gasteiger partial charge in [0.05, 0.1) is 21.9 Å². The predicted octanol–water partition coefficient (Wildman–Crippen LogP) is 3.51. The van der Waals surface area contributed by atoms with E-state index >= 15 is 0 Å². The highest BCUT2D eigenvalue weighted by molar-refractivity contribution is 8.18. The standard InChI is InChI=1S/C18H12N2O5S/c21-15(12-6-2-1-3-7-12)11-19-17(22)16(26-18(19)23)10-13-8-4-5-9-14(13)20(24)25/h1-10H,11H2/b16-10+. The molecule has 0 unspecified atom stereocenters. The van der Waals surface area contributed by atoms with E-state index in [1.54, 1.807) is 36.4 Å². The Morgan fingerprint density at radius 1 is 1.08 bits per heavy atom. The number of rotatable bonds is 5. The first kappa shape index (κ1) is 17.6. The van der Waals surface area contributed by atoms with Crippen LogP contribution in [-0.4, -0.2) is 33.3 Å². The van der Waals surface area contributed by atoms with Crippen molar-refractivity contribution in [3.63, 3.8) is 0 Å². The van der Waals surface area contributed by atoms with Crippen LogP contribution in [0, 0.1) is 10.1 Å². The third kappa shape index (κ3) is 3.55. The van der Waals surface area contributed by atoms with Crippen LogP contribution < -0.4 is 0 Å². The third-order valence-electron chi connectivity index (χ3n) is 3.69. The first-order valence-corrected chi connectivity index (χ1v) is 8.36. The molecule has 130 valence electrons. The molecule has 0 aromatic heterocycles. The van der Waals surface area contributed by atoms with Crippen molar-refractivity contribution >= 4 is 40.5 Å². The molecule has 0 bridgehead atoms. The van der Waals surface area contributed by atoms with E-state index in [4.69, 9.17) is 0 Å². The minimum Gasteiger partial charge on any atom is -0.292 e. The Bertz CT molecular complexity index is 940. The molecule has 26 heavy (non-hydrogen) atoms. The fourth-order valence-electron chi connectivity index (χ4n) is 2.41. The van der Waals surface area contributed by atoms with Crippen molar-refractivity contribution in [1.82, 2.24) is 4.90 Å². The molecular formula is C18H12N2O5S. The van der Waals surface area contributed by atoms with Crippen molar-refractivity contribution in [3.8, 4) is 0 Å². The molecule has 8 heteroatoms. The van der Waals surface area contributed by atoms with Crippen LogP contribution in [0.25, 0.3) is 6.08 Å². The highest BCUT2D eigenvalue weighted by Crippen LogP contribution is 2.33. The maximum Gasteiger partial charge on any atom is 0.293 e. The van der Waals surface area contributed by atoms with Gasteiger partial charge in [0, 0.05) is 11.6 Å². The summed E-state index contributed by atoms with van der Waals surface area (Å²) in [4.78, 5) is 48.2. The summed E-state index contributed by atoms with van der Waals surface area (Å²) in [6, 6.07) is 14.3. The Hall–Kier alpha value is -3.26. The van der Waals surface area contributed by atoms with Gasteiger partial charge in [-0.15, -0.1) is 0 Å². The van der Waals surface area contributed by atoms with Crippen LogP contribution in [0.1, 0.15) is 15.9 Å². The van der Waals surface area contributed by atoms with Crippen molar-refractivity contribution in [3.05, 3.63) is 80.7 Å². The lowest BCUT2D eigenvalue weighted by Gasteiger charge is -2.11. The van der Waals surface area contributed by atoms with Gasteiger partial charge >= 0.3 is 0 Å². The van der Waals surface area contributed by atoms with Crippen LogP contribution in [0.2, 0.25) is 0 Å². The topological polar surface area (TPSA) is 97.6 Å². The van der Waals surface area contributed by atoms with Gasteiger partial charge in [0.25, 0.3) is 16.8 Å². The summed E-state index contributed by atoms with van der Waals surface area (Å²) in [6.45, 7) is -0.372. The van der Waals surface area contributed by atoms with E-state index in [-0.39, 0.29) is 28.5 Å². The molecule has 2 aromatic rings. The number of benzene rings is 2. The van der Waals surface area contributed by atoms with Crippen molar-refractivity contribution in [1.29, 1.82) is 0 Å². The van der Waals surface area contributed by atoms with Crippen molar-refractivity contribution < 1.29 is 19.3 Å². The fourth-order valence-corrected chi connectivity index (χ4v) is 3.24. The lowest BCUT2D eigenvalue weighted by molar-refractivity contribution is -0.385. The van der Waals surface area contributed by atoms with Crippen molar-refractivity contribution in [2.45, 2.75) is 0 Å². The summed E-state index contributed by atoms with van der Waals surface area (Å²) in [7, 11) is 0. The number of ketones is 1. The summed E-state index contributed by atoms with van der Waals surface area (Å²) in [5.74, 6) is -0.998. The molecule has 0 N–H and O–H groups in total. The number of nitro benzene ring substituents is 1. The molecular weight excluding hydrogens is 356 g/mol. The van der Waals surface area contributed by atoms with Gasteiger partial charge in [-0.05, 0) is 23.9 Å². The number of nitrogens with zero attached hydrogens (tertiary/aromatic N) is 2. The van der Waals surface area contributed by atoms with Crippen LogP contribution in [0.15, 0.2) is 59.5 Å². The SMILES string of the molecule is O=C(CN1C(=O)S/C(=C/c2ccccc2[N+](=O)[O-])C1=O)c1ccccc1. The molecule has 1 aliphatic heterocycles. The number of amides is 2. The monoisotopic (exact) mass is 368 g/mol. The average Bonchev–Trinajstić information content (AvgIpc) is 2.90. The van der Waals surface area contributed by atoms with Crippen LogP contribution >= 0.6 is 11.8 Å². The number of para-hydroxylation sites is 1. The molecule has 0 aliphatic carbocycles. The van der Waals surface area contributed by atoms with Gasteiger partial charge in [-0.25, -0.2) is 0 Å². The molecule has 0 spiro atoms. The largest absolute Gasteiger partial charge is 0.293 e. The number of hydrogen-bond acceptors (Lipinski definition) is 6. The van der Waals surface area contributed by atoms with Crippen LogP contribution in [0.5, 0.6) is 0 Å².